The van der Waals surface area contributed by atoms with Gasteiger partial charge in [0.25, 0.3) is 0 Å². The first-order chi connectivity index (χ1) is 14.7. The van der Waals surface area contributed by atoms with Crippen LogP contribution >= 0.6 is 23.4 Å². The van der Waals surface area contributed by atoms with E-state index in [9.17, 15) is 4.79 Å². The van der Waals surface area contributed by atoms with Crippen LogP contribution in [0.25, 0.3) is 16.9 Å². The second kappa shape index (κ2) is 9.20. The van der Waals surface area contributed by atoms with Crippen molar-refractivity contribution in [1.82, 2.24) is 9.55 Å². The molecule has 0 unspecified atom stereocenters. The van der Waals surface area contributed by atoms with E-state index in [0.29, 0.717) is 15.7 Å². The standard InChI is InChI=1S/C24H19ClN2O2S/c1-29-23-10-6-5-9-21(23)27-15-20(17-11-13-19(25)14-12-17)26-24(27)30-16-22(28)18-7-3-2-4-8-18/h2-15H,16H2,1H3. The van der Waals surface area contributed by atoms with Gasteiger partial charge in [-0.15, -0.1) is 0 Å². The van der Waals surface area contributed by atoms with Gasteiger partial charge in [-0.2, -0.15) is 0 Å². The number of thioether (sulfide) groups is 1. The highest BCUT2D eigenvalue weighted by atomic mass is 35.5. The molecule has 0 spiro atoms. The van der Waals surface area contributed by atoms with Crippen molar-refractivity contribution in [3.63, 3.8) is 0 Å². The molecular formula is C24H19ClN2O2S. The van der Waals surface area contributed by atoms with E-state index in [0.717, 1.165) is 22.7 Å². The highest BCUT2D eigenvalue weighted by molar-refractivity contribution is 7.99. The van der Waals surface area contributed by atoms with Crippen LogP contribution in [0, 0.1) is 0 Å². The highest BCUT2D eigenvalue weighted by Gasteiger charge is 2.16. The third-order valence-electron chi connectivity index (χ3n) is 4.59. The fourth-order valence-electron chi connectivity index (χ4n) is 3.06. The molecule has 0 N–H and O–H groups in total. The molecule has 0 aliphatic carbocycles. The third kappa shape index (κ3) is 4.42. The molecule has 0 radical (unpaired) electrons. The first-order valence-corrected chi connectivity index (χ1v) is 10.7. The van der Waals surface area contributed by atoms with Crippen LogP contribution in [0.1, 0.15) is 10.4 Å². The number of ketones is 1. The number of para-hydroxylation sites is 2. The minimum absolute atomic E-state index is 0.0585. The van der Waals surface area contributed by atoms with Crippen LogP contribution in [0.15, 0.2) is 90.2 Å². The zero-order chi connectivity index (χ0) is 20.9. The van der Waals surface area contributed by atoms with Crippen LogP contribution < -0.4 is 4.74 Å². The minimum atomic E-state index is 0.0585. The van der Waals surface area contributed by atoms with E-state index in [1.54, 1.807) is 7.11 Å². The maximum atomic E-state index is 12.6. The Morgan fingerprint density at radius 2 is 1.70 bits per heavy atom. The van der Waals surface area contributed by atoms with Crippen molar-refractivity contribution < 1.29 is 9.53 Å². The van der Waals surface area contributed by atoms with Crippen LogP contribution in [0.4, 0.5) is 0 Å². The lowest BCUT2D eigenvalue weighted by atomic mass is 10.2. The Balaban J connectivity index is 1.70. The summed E-state index contributed by atoms with van der Waals surface area (Å²) >= 11 is 7.43. The number of imidazole rings is 1. The largest absolute Gasteiger partial charge is 0.495 e. The van der Waals surface area contributed by atoms with Gasteiger partial charge >= 0.3 is 0 Å². The minimum Gasteiger partial charge on any atom is -0.495 e. The van der Waals surface area contributed by atoms with Crippen LogP contribution in [-0.2, 0) is 0 Å². The van der Waals surface area contributed by atoms with E-state index in [2.05, 4.69) is 0 Å². The molecule has 0 amide bonds. The fraction of sp³-hybridized carbons (Fsp3) is 0.0833. The summed E-state index contributed by atoms with van der Waals surface area (Å²) in [6.45, 7) is 0. The van der Waals surface area contributed by atoms with Crippen molar-refractivity contribution in [2.45, 2.75) is 5.16 Å². The molecule has 150 valence electrons. The Bertz CT molecular complexity index is 1160. The number of benzene rings is 3. The summed E-state index contributed by atoms with van der Waals surface area (Å²) in [5, 5.41) is 1.39. The van der Waals surface area contributed by atoms with Crippen LogP contribution in [0.2, 0.25) is 5.02 Å². The second-order valence-corrected chi connectivity index (χ2v) is 7.91. The third-order valence-corrected chi connectivity index (χ3v) is 5.79. The van der Waals surface area contributed by atoms with E-state index in [1.165, 1.54) is 11.8 Å². The summed E-state index contributed by atoms with van der Waals surface area (Å²) in [6.07, 6.45) is 1.95. The van der Waals surface area contributed by atoms with Crippen LogP contribution in [-0.4, -0.2) is 28.2 Å². The van der Waals surface area contributed by atoms with Gasteiger partial charge in [-0.25, -0.2) is 4.98 Å². The number of ether oxygens (including phenoxy) is 1. The SMILES string of the molecule is COc1ccccc1-n1cc(-c2ccc(Cl)cc2)nc1SCC(=O)c1ccccc1. The van der Waals surface area contributed by atoms with Crippen molar-refractivity contribution in [1.29, 1.82) is 0 Å². The average molecular weight is 435 g/mol. The smallest absolute Gasteiger partial charge is 0.173 e. The molecule has 4 nitrogen and oxygen atoms in total. The molecule has 4 aromatic rings. The second-order valence-electron chi connectivity index (χ2n) is 6.54. The van der Waals surface area contributed by atoms with Gasteiger partial charge in [0.05, 0.1) is 24.2 Å². The van der Waals surface area contributed by atoms with E-state index in [1.807, 2.05) is 89.6 Å². The topological polar surface area (TPSA) is 44.1 Å². The molecular weight excluding hydrogens is 416 g/mol. The summed E-state index contributed by atoms with van der Waals surface area (Å²) < 4.78 is 7.50. The number of carbonyl (C=O) groups excluding carboxylic acids is 1. The number of nitrogens with zero attached hydrogens (tertiary/aromatic N) is 2. The maximum absolute atomic E-state index is 12.6. The molecule has 1 aromatic heterocycles. The van der Waals surface area contributed by atoms with Crippen molar-refractivity contribution >= 4 is 29.1 Å². The summed E-state index contributed by atoms with van der Waals surface area (Å²) in [6, 6.07) is 24.6. The Hall–Kier alpha value is -3.02. The molecule has 0 aliphatic heterocycles. The first-order valence-electron chi connectivity index (χ1n) is 9.35. The van der Waals surface area contributed by atoms with Gasteiger partial charge in [-0.05, 0) is 24.3 Å². The molecule has 0 aliphatic rings. The van der Waals surface area contributed by atoms with E-state index >= 15 is 0 Å². The Morgan fingerprint density at radius 1 is 1.00 bits per heavy atom. The quantitative estimate of drug-likeness (QED) is 0.257. The Morgan fingerprint density at radius 3 is 2.43 bits per heavy atom. The first kappa shape index (κ1) is 20.3. The Kier molecular flexibility index (Phi) is 6.21. The van der Waals surface area contributed by atoms with E-state index in [-0.39, 0.29) is 11.5 Å². The average Bonchev–Trinajstić information content (AvgIpc) is 3.22. The van der Waals surface area contributed by atoms with Gasteiger partial charge in [0.1, 0.15) is 5.75 Å². The molecule has 0 bridgehead atoms. The van der Waals surface area contributed by atoms with Crippen molar-refractivity contribution in [2.24, 2.45) is 0 Å². The molecule has 0 atom stereocenters. The lowest BCUT2D eigenvalue weighted by Gasteiger charge is -2.11. The number of halogens is 1. The number of hydrogen-bond donors (Lipinski definition) is 0. The van der Waals surface area contributed by atoms with E-state index in [4.69, 9.17) is 21.3 Å². The molecule has 4 rings (SSSR count). The number of rotatable bonds is 7. The Labute approximate surface area is 184 Å². The zero-order valence-corrected chi connectivity index (χ0v) is 17.9. The van der Waals surface area contributed by atoms with Gasteiger partial charge in [-0.3, -0.25) is 9.36 Å². The van der Waals surface area contributed by atoms with Gasteiger partial charge in [0, 0.05) is 22.3 Å². The summed E-state index contributed by atoms with van der Waals surface area (Å²) in [5.74, 6) is 1.08. The maximum Gasteiger partial charge on any atom is 0.173 e. The number of carbonyl (C=O) groups is 1. The van der Waals surface area contributed by atoms with Crippen LogP contribution in [0.3, 0.4) is 0 Å². The molecule has 0 fully saturated rings. The lowest BCUT2D eigenvalue weighted by molar-refractivity contribution is 0.102. The number of hydrogen-bond acceptors (Lipinski definition) is 4. The van der Waals surface area contributed by atoms with Crippen LogP contribution in [0.5, 0.6) is 5.75 Å². The van der Waals surface area contributed by atoms with E-state index < -0.39 is 0 Å². The molecule has 0 saturated carbocycles. The molecule has 6 heteroatoms. The normalized spacial score (nSPS) is 10.7. The van der Waals surface area contributed by atoms with Crippen molar-refractivity contribution in [3.05, 3.63) is 95.6 Å². The van der Waals surface area contributed by atoms with Crippen molar-refractivity contribution in [3.8, 4) is 22.7 Å². The summed E-state index contributed by atoms with van der Waals surface area (Å²) in [4.78, 5) is 17.4. The fourth-order valence-corrected chi connectivity index (χ4v) is 4.07. The summed E-state index contributed by atoms with van der Waals surface area (Å²) in [5.41, 5.74) is 3.30. The molecule has 0 saturated heterocycles. The predicted octanol–water partition coefficient (Wildman–Crippen LogP) is 6.18. The number of Topliss-reactive ketones (excluding diaryl/α,β-unsaturated/α-hetero) is 1. The summed E-state index contributed by atoms with van der Waals surface area (Å²) in [7, 11) is 1.64. The lowest BCUT2D eigenvalue weighted by Crippen LogP contribution is -2.04. The van der Waals surface area contributed by atoms with Gasteiger partial charge in [-0.1, -0.05) is 78.0 Å². The molecule has 30 heavy (non-hydrogen) atoms. The highest BCUT2D eigenvalue weighted by Crippen LogP contribution is 2.32. The number of aromatic nitrogens is 2. The van der Waals surface area contributed by atoms with Gasteiger partial charge in [0.2, 0.25) is 0 Å². The van der Waals surface area contributed by atoms with Crippen molar-refractivity contribution in [2.75, 3.05) is 12.9 Å². The monoisotopic (exact) mass is 434 g/mol. The van der Waals surface area contributed by atoms with Gasteiger partial charge in [0.15, 0.2) is 10.9 Å². The van der Waals surface area contributed by atoms with Gasteiger partial charge < -0.3 is 4.74 Å². The zero-order valence-electron chi connectivity index (χ0n) is 16.3. The predicted molar refractivity (Wildman–Crippen MR) is 122 cm³/mol. The molecule has 3 aromatic carbocycles. The molecule has 1 heterocycles. The number of methoxy groups -OCH3 is 1.